The Balaban J connectivity index is 1.86. The van der Waals surface area contributed by atoms with E-state index in [1.165, 1.54) is 11.4 Å². The minimum Gasteiger partial charge on any atom is -0.394 e. The number of nitrogens with zero attached hydrogens (tertiary/aromatic N) is 5. The number of aryl methyl sites for hydroxylation is 2. The van der Waals surface area contributed by atoms with Crippen molar-refractivity contribution in [2.45, 2.75) is 63.8 Å². The van der Waals surface area contributed by atoms with E-state index in [0.29, 0.717) is 31.6 Å². The van der Waals surface area contributed by atoms with E-state index in [0.717, 1.165) is 5.56 Å². The molecule has 0 radical (unpaired) electrons. The van der Waals surface area contributed by atoms with Gasteiger partial charge in [-0.15, -0.1) is 5.10 Å². The van der Waals surface area contributed by atoms with Crippen molar-refractivity contribution in [3.63, 3.8) is 0 Å². The Kier molecular flexibility index (Phi) is 8.80. The topological polar surface area (TPSA) is 118 Å². The molecule has 1 aliphatic rings. The van der Waals surface area contributed by atoms with E-state index in [1.807, 2.05) is 19.9 Å². The van der Waals surface area contributed by atoms with Gasteiger partial charge in [0.05, 0.1) is 36.5 Å². The molecule has 1 N–H and O–H groups in total. The summed E-state index contributed by atoms with van der Waals surface area (Å²) in [7, 11) is -2.20. The number of likely N-dealkylation sites (N-methyl/N-ethyl adjacent to an activating group) is 1. The highest BCUT2D eigenvalue weighted by Crippen LogP contribution is 2.21. The van der Waals surface area contributed by atoms with E-state index >= 15 is 0 Å². The second kappa shape index (κ2) is 11.4. The van der Waals surface area contributed by atoms with Gasteiger partial charge in [0.2, 0.25) is 15.9 Å². The van der Waals surface area contributed by atoms with Gasteiger partial charge in [0, 0.05) is 39.0 Å². The van der Waals surface area contributed by atoms with E-state index in [4.69, 9.17) is 4.74 Å². The van der Waals surface area contributed by atoms with Gasteiger partial charge in [-0.3, -0.25) is 9.48 Å². The van der Waals surface area contributed by atoms with Crippen LogP contribution in [0.25, 0.3) is 0 Å². The SMILES string of the molecule is Cc1cccc(S(=O)(=O)N(C)C[C@@H]2OCc3cn(nn3)CCCC(=O)N([C@@H](C)CO)C[C@H]2C)c1. The predicted molar refractivity (Wildman–Crippen MR) is 126 cm³/mol. The Morgan fingerprint density at radius 3 is 2.82 bits per heavy atom. The van der Waals surface area contributed by atoms with Crippen LogP contribution in [0, 0.1) is 12.8 Å². The monoisotopic (exact) mass is 493 g/mol. The number of sulfonamides is 1. The van der Waals surface area contributed by atoms with Gasteiger partial charge in [-0.2, -0.15) is 4.31 Å². The molecule has 34 heavy (non-hydrogen) atoms. The number of rotatable bonds is 6. The van der Waals surface area contributed by atoms with Crippen LogP contribution in [0.3, 0.4) is 0 Å². The number of carbonyl (C=O) groups excluding carboxylic acids is 1. The highest BCUT2D eigenvalue weighted by Gasteiger charge is 2.31. The quantitative estimate of drug-likeness (QED) is 0.647. The highest BCUT2D eigenvalue weighted by atomic mass is 32.2. The molecule has 0 aliphatic carbocycles. The Labute approximate surface area is 201 Å². The number of aromatic nitrogens is 3. The maximum atomic E-state index is 13.2. The van der Waals surface area contributed by atoms with Crippen LogP contribution in [0.4, 0.5) is 0 Å². The summed E-state index contributed by atoms with van der Waals surface area (Å²) in [6.45, 7) is 6.59. The van der Waals surface area contributed by atoms with Crippen molar-refractivity contribution in [1.82, 2.24) is 24.2 Å². The summed E-state index contributed by atoms with van der Waals surface area (Å²) < 4.78 is 35.5. The van der Waals surface area contributed by atoms with Crippen molar-refractivity contribution in [3.05, 3.63) is 41.7 Å². The van der Waals surface area contributed by atoms with Crippen LogP contribution >= 0.6 is 0 Å². The molecule has 11 heteroatoms. The minimum absolute atomic E-state index is 0.0625. The molecule has 2 heterocycles. The summed E-state index contributed by atoms with van der Waals surface area (Å²) in [5.41, 5.74) is 1.50. The van der Waals surface area contributed by atoms with Gasteiger partial charge < -0.3 is 14.7 Å². The summed E-state index contributed by atoms with van der Waals surface area (Å²) in [6.07, 6.45) is 2.19. The van der Waals surface area contributed by atoms with Crippen LogP contribution < -0.4 is 0 Å². The lowest BCUT2D eigenvalue weighted by Gasteiger charge is -2.35. The summed E-state index contributed by atoms with van der Waals surface area (Å²) in [6, 6.07) is 6.43. The molecule has 1 aromatic carbocycles. The molecule has 2 aromatic rings. The van der Waals surface area contributed by atoms with Crippen LogP contribution in [0.1, 0.15) is 37.9 Å². The van der Waals surface area contributed by atoms with E-state index in [1.54, 1.807) is 40.9 Å². The molecule has 0 fully saturated rings. The van der Waals surface area contributed by atoms with Crippen molar-refractivity contribution in [3.8, 4) is 0 Å². The first-order chi connectivity index (χ1) is 16.1. The van der Waals surface area contributed by atoms with Crippen LogP contribution in [-0.2, 0) is 32.7 Å². The minimum atomic E-state index is -3.73. The Bertz CT molecular complexity index is 1070. The molecular weight excluding hydrogens is 458 g/mol. The molecular formula is C23H35N5O5S. The standard InChI is InChI=1S/C23H35N5O5S/c1-17-7-5-8-21(11-17)34(31,32)26(4)14-22-18(2)12-28(19(3)15-29)23(30)9-6-10-27-13-20(16-33-22)24-25-27/h5,7-8,11,13,18-19,22,29H,6,9-10,12,14-16H2,1-4H3/t18-,19+,22+/m1/s1. The third-order valence-corrected chi connectivity index (χ3v) is 8.00. The number of hydrogen-bond acceptors (Lipinski definition) is 7. The molecule has 3 atom stereocenters. The van der Waals surface area contributed by atoms with Gasteiger partial charge in [0.1, 0.15) is 5.69 Å². The van der Waals surface area contributed by atoms with Gasteiger partial charge in [-0.25, -0.2) is 8.42 Å². The van der Waals surface area contributed by atoms with Crippen LogP contribution in [0.2, 0.25) is 0 Å². The second-order valence-corrected chi connectivity index (χ2v) is 11.1. The van der Waals surface area contributed by atoms with E-state index in [-0.39, 0.29) is 42.5 Å². The summed E-state index contributed by atoms with van der Waals surface area (Å²) >= 11 is 0. The number of amides is 1. The van der Waals surface area contributed by atoms with E-state index < -0.39 is 16.1 Å². The maximum absolute atomic E-state index is 13.2. The van der Waals surface area contributed by atoms with Crippen LogP contribution in [-0.4, -0.2) is 82.5 Å². The third kappa shape index (κ3) is 6.41. The molecule has 0 unspecified atom stereocenters. The molecule has 0 saturated carbocycles. The lowest BCUT2D eigenvalue weighted by Crippen LogP contribution is -2.47. The number of aliphatic hydroxyl groups is 1. The smallest absolute Gasteiger partial charge is 0.242 e. The number of carbonyl (C=O) groups is 1. The van der Waals surface area contributed by atoms with Crippen molar-refractivity contribution in [2.75, 3.05) is 26.7 Å². The normalized spacial score (nSPS) is 21.6. The maximum Gasteiger partial charge on any atom is 0.242 e. The lowest BCUT2D eigenvalue weighted by atomic mass is 10.0. The van der Waals surface area contributed by atoms with Crippen LogP contribution in [0.15, 0.2) is 35.4 Å². The molecule has 1 amide bonds. The van der Waals surface area contributed by atoms with Crippen molar-refractivity contribution in [1.29, 1.82) is 0 Å². The summed E-state index contributed by atoms with van der Waals surface area (Å²) in [5.74, 6) is -0.267. The number of fused-ring (bicyclic) bond motifs is 2. The average molecular weight is 494 g/mol. The first-order valence-corrected chi connectivity index (χ1v) is 13.0. The van der Waals surface area contributed by atoms with Crippen molar-refractivity contribution in [2.24, 2.45) is 5.92 Å². The predicted octanol–water partition coefficient (Wildman–Crippen LogP) is 1.43. The van der Waals surface area contributed by atoms with E-state index in [9.17, 15) is 18.3 Å². The number of aliphatic hydroxyl groups excluding tert-OH is 1. The fourth-order valence-corrected chi connectivity index (χ4v) is 5.29. The molecule has 10 nitrogen and oxygen atoms in total. The summed E-state index contributed by atoms with van der Waals surface area (Å²) in [4.78, 5) is 14.8. The van der Waals surface area contributed by atoms with Crippen molar-refractivity contribution < 1.29 is 23.1 Å². The van der Waals surface area contributed by atoms with Gasteiger partial charge >= 0.3 is 0 Å². The largest absolute Gasteiger partial charge is 0.394 e. The zero-order chi connectivity index (χ0) is 24.9. The highest BCUT2D eigenvalue weighted by molar-refractivity contribution is 7.89. The fourth-order valence-electron chi connectivity index (χ4n) is 4.00. The molecule has 3 rings (SSSR count). The molecule has 0 saturated heterocycles. The molecule has 0 spiro atoms. The number of benzene rings is 1. The average Bonchev–Trinajstić information content (AvgIpc) is 3.26. The van der Waals surface area contributed by atoms with Gasteiger partial charge in [0.15, 0.2) is 0 Å². The third-order valence-electron chi connectivity index (χ3n) is 6.18. The lowest BCUT2D eigenvalue weighted by molar-refractivity contribution is -0.136. The van der Waals surface area contributed by atoms with Gasteiger partial charge in [-0.05, 0) is 38.0 Å². The number of hydrogen-bond donors (Lipinski definition) is 1. The second-order valence-electron chi connectivity index (χ2n) is 9.08. The fraction of sp³-hybridized carbons (Fsp3) is 0.609. The first-order valence-electron chi connectivity index (χ1n) is 11.6. The zero-order valence-corrected chi connectivity index (χ0v) is 21.1. The van der Waals surface area contributed by atoms with Crippen LogP contribution in [0.5, 0.6) is 0 Å². The first kappa shape index (κ1) is 26.3. The van der Waals surface area contributed by atoms with Gasteiger partial charge in [0.25, 0.3) is 0 Å². The number of ether oxygens (including phenoxy) is 1. The molecule has 188 valence electrons. The van der Waals surface area contributed by atoms with E-state index in [2.05, 4.69) is 10.3 Å². The molecule has 2 bridgehead atoms. The molecule has 1 aliphatic heterocycles. The van der Waals surface area contributed by atoms with Crippen molar-refractivity contribution >= 4 is 15.9 Å². The Morgan fingerprint density at radius 1 is 1.35 bits per heavy atom. The Morgan fingerprint density at radius 2 is 2.12 bits per heavy atom. The molecule has 1 aromatic heterocycles. The summed E-state index contributed by atoms with van der Waals surface area (Å²) in [5, 5.41) is 17.9. The Hall–Kier alpha value is -2.34. The zero-order valence-electron chi connectivity index (χ0n) is 20.3. The van der Waals surface area contributed by atoms with Gasteiger partial charge in [-0.1, -0.05) is 24.3 Å².